The largest absolute Gasteiger partial charge is 0.296 e. The Kier molecular flexibility index (Phi) is 6.36. The molecule has 0 unspecified atom stereocenters. The molecule has 172 valence electrons. The van der Waals surface area contributed by atoms with E-state index < -0.39 is 25.6 Å². The average Bonchev–Trinajstić information content (AvgIpc) is 2.97. The number of nitrogens with zero attached hydrogens (tertiary/aromatic N) is 3. The topological polar surface area (TPSA) is 110 Å². The van der Waals surface area contributed by atoms with E-state index in [9.17, 15) is 21.6 Å². The Bertz CT molecular complexity index is 1390. The molecule has 0 amide bonds. The van der Waals surface area contributed by atoms with Crippen LogP contribution in [0, 0.1) is 0 Å². The van der Waals surface area contributed by atoms with E-state index >= 15 is 0 Å². The van der Waals surface area contributed by atoms with E-state index in [4.69, 9.17) is 0 Å². The molecule has 1 N–H and O–H groups in total. The Hall–Kier alpha value is -2.89. The lowest BCUT2D eigenvalue weighted by Gasteiger charge is -2.14. The Balaban J connectivity index is 2.07. The molecule has 2 aromatic carbocycles. The summed E-state index contributed by atoms with van der Waals surface area (Å²) in [6.45, 7) is 3.73. The normalized spacial score (nSPS) is 12.5. The van der Waals surface area contributed by atoms with E-state index in [2.05, 4.69) is 4.72 Å². The van der Waals surface area contributed by atoms with Crippen LogP contribution in [0.1, 0.15) is 25.5 Å². The number of hydrogen-bond acceptors (Lipinski definition) is 5. The Morgan fingerprint density at radius 1 is 0.875 bits per heavy atom. The number of aromatic nitrogens is 2. The number of rotatable bonds is 7. The molecule has 11 heteroatoms. The third-order valence-corrected chi connectivity index (χ3v) is 8.20. The van der Waals surface area contributed by atoms with Crippen molar-refractivity contribution < 1.29 is 16.8 Å². The van der Waals surface area contributed by atoms with E-state index in [1.54, 1.807) is 36.0 Å². The van der Waals surface area contributed by atoms with Crippen molar-refractivity contribution in [1.29, 1.82) is 0 Å². The SMILES string of the molecule is CC(C)c1c(NS(=O)(=O)c2ccc(S(=O)(=O)N(C)C)cc2)c(=O)n(-c2ccccc2)n1C. The van der Waals surface area contributed by atoms with Crippen molar-refractivity contribution in [1.82, 2.24) is 13.7 Å². The van der Waals surface area contributed by atoms with Crippen LogP contribution >= 0.6 is 0 Å². The number of para-hydroxylation sites is 1. The number of benzene rings is 2. The maximum atomic E-state index is 13.2. The van der Waals surface area contributed by atoms with Gasteiger partial charge in [-0.2, -0.15) is 0 Å². The van der Waals surface area contributed by atoms with Crippen molar-refractivity contribution in [3.8, 4) is 5.69 Å². The molecule has 0 radical (unpaired) electrons. The van der Waals surface area contributed by atoms with Crippen molar-refractivity contribution in [3.05, 3.63) is 70.6 Å². The highest BCUT2D eigenvalue weighted by Gasteiger charge is 2.26. The van der Waals surface area contributed by atoms with Crippen molar-refractivity contribution >= 4 is 25.7 Å². The number of nitrogens with one attached hydrogen (secondary N) is 1. The highest BCUT2D eigenvalue weighted by Crippen LogP contribution is 2.26. The van der Waals surface area contributed by atoms with Crippen LogP contribution in [0.3, 0.4) is 0 Å². The fourth-order valence-corrected chi connectivity index (χ4v) is 5.41. The maximum absolute atomic E-state index is 13.2. The van der Waals surface area contributed by atoms with Gasteiger partial charge in [0.25, 0.3) is 15.6 Å². The van der Waals surface area contributed by atoms with Crippen LogP contribution in [0.5, 0.6) is 0 Å². The molecule has 3 aromatic rings. The van der Waals surface area contributed by atoms with E-state index in [0.717, 1.165) is 4.31 Å². The Morgan fingerprint density at radius 3 is 1.91 bits per heavy atom. The molecule has 32 heavy (non-hydrogen) atoms. The highest BCUT2D eigenvalue weighted by molar-refractivity contribution is 7.92. The summed E-state index contributed by atoms with van der Waals surface area (Å²) in [6.07, 6.45) is 0. The molecule has 0 atom stereocenters. The maximum Gasteiger partial charge on any atom is 0.296 e. The fourth-order valence-electron chi connectivity index (χ4n) is 3.43. The predicted octanol–water partition coefficient (Wildman–Crippen LogP) is 2.35. The highest BCUT2D eigenvalue weighted by atomic mass is 32.2. The first-order chi connectivity index (χ1) is 14.9. The van der Waals surface area contributed by atoms with Gasteiger partial charge < -0.3 is 0 Å². The molecule has 0 aliphatic carbocycles. The van der Waals surface area contributed by atoms with Crippen LogP contribution in [0.2, 0.25) is 0 Å². The number of anilines is 1. The molecule has 3 rings (SSSR count). The molecule has 9 nitrogen and oxygen atoms in total. The molecule has 0 bridgehead atoms. The molecule has 0 fully saturated rings. The summed E-state index contributed by atoms with van der Waals surface area (Å²) in [7, 11) is -3.36. The summed E-state index contributed by atoms with van der Waals surface area (Å²) >= 11 is 0. The lowest BCUT2D eigenvalue weighted by atomic mass is 10.1. The average molecular weight is 479 g/mol. The van der Waals surface area contributed by atoms with Crippen molar-refractivity contribution in [2.45, 2.75) is 29.6 Å². The van der Waals surface area contributed by atoms with Gasteiger partial charge in [-0.25, -0.2) is 25.8 Å². The summed E-state index contributed by atoms with van der Waals surface area (Å²) in [5, 5.41) is 0. The van der Waals surface area contributed by atoms with E-state index in [-0.39, 0.29) is 21.4 Å². The van der Waals surface area contributed by atoms with Gasteiger partial charge in [-0.05, 0) is 42.3 Å². The van der Waals surface area contributed by atoms with Crippen LogP contribution in [-0.4, -0.2) is 44.6 Å². The van der Waals surface area contributed by atoms with Gasteiger partial charge in [-0.3, -0.25) is 14.2 Å². The Labute approximate surface area is 188 Å². The van der Waals surface area contributed by atoms with Crippen LogP contribution in [0.15, 0.2) is 69.2 Å². The van der Waals surface area contributed by atoms with Crippen LogP contribution < -0.4 is 10.3 Å². The standard InChI is InChI=1S/C21H26N4O5S2/c1-15(2)20-19(21(26)25(24(20)5)16-9-7-6-8-10-16)22-31(27,28)17-11-13-18(14-12-17)32(29,30)23(3)4/h6-15,22H,1-5H3. The van der Waals surface area contributed by atoms with Gasteiger partial charge in [-0.15, -0.1) is 0 Å². The first-order valence-corrected chi connectivity index (χ1v) is 12.7. The smallest absolute Gasteiger partial charge is 0.283 e. The lowest BCUT2D eigenvalue weighted by Crippen LogP contribution is -2.23. The molecule has 0 saturated heterocycles. The predicted molar refractivity (Wildman–Crippen MR) is 123 cm³/mol. The van der Waals surface area contributed by atoms with Crippen LogP contribution in [0.4, 0.5) is 5.69 Å². The molecule has 1 heterocycles. The molecular formula is C21H26N4O5S2. The van der Waals surface area contributed by atoms with Crippen molar-refractivity contribution in [2.24, 2.45) is 7.05 Å². The quantitative estimate of drug-likeness (QED) is 0.560. The van der Waals surface area contributed by atoms with E-state index in [0.29, 0.717) is 11.4 Å². The van der Waals surface area contributed by atoms with Gasteiger partial charge in [0.05, 0.1) is 21.2 Å². The van der Waals surface area contributed by atoms with Crippen molar-refractivity contribution in [2.75, 3.05) is 18.8 Å². The minimum Gasteiger partial charge on any atom is -0.283 e. The first-order valence-electron chi connectivity index (χ1n) is 9.80. The molecular weight excluding hydrogens is 452 g/mol. The zero-order chi connectivity index (χ0) is 23.8. The van der Waals surface area contributed by atoms with Gasteiger partial charge in [0.2, 0.25) is 10.0 Å². The molecule has 0 saturated carbocycles. The van der Waals surface area contributed by atoms with Crippen LogP contribution in [0.25, 0.3) is 5.69 Å². The summed E-state index contributed by atoms with van der Waals surface area (Å²) in [6, 6.07) is 13.8. The second-order valence-corrected chi connectivity index (χ2v) is 11.6. The van der Waals surface area contributed by atoms with Gasteiger partial charge in [-0.1, -0.05) is 32.0 Å². The lowest BCUT2D eigenvalue weighted by molar-refractivity contribution is 0.520. The van der Waals surface area contributed by atoms with Crippen LogP contribution in [-0.2, 0) is 27.1 Å². The van der Waals surface area contributed by atoms with Gasteiger partial charge in [0.15, 0.2) is 0 Å². The zero-order valence-electron chi connectivity index (χ0n) is 18.5. The molecule has 0 spiro atoms. The monoisotopic (exact) mass is 478 g/mol. The van der Waals surface area contributed by atoms with Gasteiger partial charge >= 0.3 is 0 Å². The number of hydrogen-bond donors (Lipinski definition) is 1. The Morgan fingerprint density at radius 2 is 1.41 bits per heavy atom. The third-order valence-electron chi connectivity index (χ3n) is 5.01. The minimum atomic E-state index is -4.15. The minimum absolute atomic E-state index is 0.0320. The molecule has 0 aliphatic rings. The van der Waals surface area contributed by atoms with Gasteiger partial charge in [0.1, 0.15) is 5.69 Å². The van der Waals surface area contributed by atoms with Gasteiger partial charge in [0, 0.05) is 21.1 Å². The first kappa shape index (κ1) is 23.8. The summed E-state index contributed by atoms with van der Waals surface area (Å²) in [5.74, 6) is -0.150. The van der Waals surface area contributed by atoms with Crippen molar-refractivity contribution in [3.63, 3.8) is 0 Å². The second kappa shape index (κ2) is 8.57. The summed E-state index contributed by atoms with van der Waals surface area (Å²) < 4.78 is 57.1. The fraction of sp³-hybridized carbons (Fsp3) is 0.286. The van der Waals surface area contributed by atoms with E-state index in [1.165, 1.54) is 43.0 Å². The second-order valence-electron chi connectivity index (χ2n) is 7.76. The third kappa shape index (κ3) is 4.23. The number of sulfonamides is 2. The summed E-state index contributed by atoms with van der Waals surface area (Å²) in [4.78, 5) is 13.0. The zero-order valence-corrected chi connectivity index (χ0v) is 20.1. The molecule has 1 aromatic heterocycles. The summed E-state index contributed by atoms with van der Waals surface area (Å²) in [5.41, 5.74) is 0.578. The van der Waals surface area contributed by atoms with E-state index in [1.807, 2.05) is 19.9 Å². The molecule has 0 aliphatic heterocycles.